The van der Waals surface area contributed by atoms with Gasteiger partial charge in [-0.1, -0.05) is 0 Å². The molecule has 2 aromatic rings. The van der Waals surface area contributed by atoms with Crippen molar-refractivity contribution in [2.24, 2.45) is 0 Å². The minimum Gasteiger partial charge on any atom is -0.497 e. The molecular weight excluding hydrogens is 186 g/mol. The number of aromatic amines is 1. The van der Waals surface area contributed by atoms with Gasteiger partial charge in [-0.2, -0.15) is 0 Å². The van der Waals surface area contributed by atoms with Gasteiger partial charge >= 0.3 is 0 Å². The first kappa shape index (κ1) is 9.67. The average molecular weight is 199 g/mol. The summed E-state index contributed by atoms with van der Waals surface area (Å²) in [6.07, 6.45) is 6.90. The topological polar surface area (TPSA) is 25.0 Å². The molecule has 2 nitrogen and oxygen atoms in total. The fraction of sp³-hybridized carbons (Fsp3) is 0.231. The van der Waals surface area contributed by atoms with Crippen LogP contribution in [0, 0.1) is 12.3 Å². The number of terminal acetylenes is 1. The number of benzene rings is 1. The molecule has 0 spiro atoms. The van der Waals surface area contributed by atoms with Crippen LogP contribution in [0.25, 0.3) is 10.9 Å². The minimum absolute atomic E-state index is 0.768. The van der Waals surface area contributed by atoms with Crippen molar-refractivity contribution < 1.29 is 4.74 Å². The van der Waals surface area contributed by atoms with E-state index in [0.29, 0.717) is 0 Å². The zero-order chi connectivity index (χ0) is 10.7. The second-order valence-electron chi connectivity index (χ2n) is 3.45. The first-order chi connectivity index (χ1) is 7.33. The Morgan fingerprint density at radius 3 is 3.00 bits per heavy atom. The Hall–Kier alpha value is -1.88. The van der Waals surface area contributed by atoms with Gasteiger partial charge in [0.25, 0.3) is 0 Å². The summed E-state index contributed by atoms with van der Waals surface area (Å²) in [4.78, 5) is 3.33. The number of H-pyrrole nitrogens is 1. The molecule has 76 valence electrons. The lowest BCUT2D eigenvalue weighted by Crippen LogP contribution is -1.82. The molecule has 15 heavy (non-hydrogen) atoms. The van der Waals surface area contributed by atoms with E-state index >= 15 is 0 Å². The van der Waals surface area contributed by atoms with Gasteiger partial charge in [0.15, 0.2) is 0 Å². The molecule has 0 saturated carbocycles. The van der Waals surface area contributed by atoms with Crippen molar-refractivity contribution in [1.29, 1.82) is 0 Å². The molecule has 0 radical (unpaired) electrons. The quantitative estimate of drug-likeness (QED) is 0.755. The summed E-state index contributed by atoms with van der Waals surface area (Å²) >= 11 is 0. The third kappa shape index (κ3) is 1.97. The fourth-order valence-electron chi connectivity index (χ4n) is 1.63. The van der Waals surface area contributed by atoms with Crippen LogP contribution in [-0.2, 0) is 6.42 Å². The van der Waals surface area contributed by atoms with Gasteiger partial charge in [0.2, 0.25) is 0 Å². The molecule has 1 aromatic carbocycles. The summed E-state index contributed by atoms with van der Waals surface area (Å²) < 4.78 is 5.16. The summed E-state index contributed by atoms with van der Waals surface area (Å²) in [6.45, 7) is 0. The number of rotatable bonds is 3. The summed E-state index contributed by atoms with van der Waals surface area (Å²) in [5.74, 6) is 3.51. The van der Waals surface area contributed by atoms with Gasteiger partial charge < -0.3 is 9.72 Å². The monoisotopic (exact) mass is 199 g/mol. The number of hydrogen-bond acceptors (Lipinski definition) is 1. The van der Waals surface area contributed by atoms with Crippen LogP contribution in [-0.4, -0.2) is 12.1 Å². The Kier molecular flexibility index (Phi) is 2.64. The molecule has 1 heterocycles. The summed E-state index contributed by atoms with van der Waals surface area (Å²) in [7, 11) is 1.67. The Morgan fingerprint density at radius 1 is 1.40 bits per heavy atom. The molecule has 0 aliphatic heterocycles. The normalized spacial score (nSPS) is 10.1. The van der Waals surface area contributed by atoms with Gasteiger partial charge in [0.05, 0.1) is 7.11 Å². The minimum atomic E-state index is 0.768. The van der Waals surface area contributed by atoms with E-state index in [0.717, 1.165) is 24.1 Å². The van der Waals surface area contributed by atoms with Crippen LogP contribution in [0.4, 0.5) is 0 Å². The molecular formula is C13H13NO. The van der Waals surface area contributed by atoms with Gasteiger partial charge in [0, 0.05) is 23.7 Å². The highest BCUT2D eigenvalue weighted by atomic mass is 16.5. The van der Waals surface area contributed by atoms with E-state index in [1.807, 2.05) is 18.2 Å². The lowest BCUT2D eigenvalue weighted by molar-refractivity contribution is 0.415. The van der Waals surface area contributed by atoms with Crippen molar-refractivity contribution in [2.75, 3.05) is 7.11 Å². The van der Waals surface area contributed by atoms with E-state index in [1.54, 1.807) is 7.11 Å². The highest BCUT2D eigenvalue weighted by Crippen LogP contribution is 2.21. The van der Waals surface area contributed by atoms with Gasteiger partial charge in [0.1, 0.15) is 5.75 Å². The fourth-order valence-corrected chi connectivity index (χ4v) is 1.63. The van der Waals surface area contributed by atoms with E-state index < -0.39 is 0 Å². The Bertz CT molecular complexity index is 505. The van der Waals surface area contributed by atoms with E-state index in [2.05, 4.69) is 17.0 Å². The number of aryl methyl sites for hydroxylation is 1. The van der Waals surface area contributed by atoms with Crippen molar-refractivity contribution >= 4 is 10.9 Å². The van der Waals surface area contributed by atoms with Crippen molar-refractivity contribution in [3.8, 4) is 18.1 Å². The molecule has 0 saturated heterocycles. The third-order valence-corrected chi connectivity index (χ3v) is 2.42. The molecule has 1 aromatic heterocycles. The second kappa shape index (κ2) is 4.10. The van der Waals surface area contributed by atoms with Crippen LogP contribution in [0.3, 0.4) is 0 Å². The van der Waals surface area contributed by atoms with Crippen LogP contribution in [0.5, 0.6) is 5.75 Å². The van der Waals surface area contributed by atoms with E-state index in [1.165, 1.54) is 11.1 Å². The number of ether oxygens (including phenoxy) is 1. The summed E-state index contributed by atoms with van der Waals surface area (Å²) in [5.41, 5.74) is 2.28. The standard InChI is InChI=1S/C13H13NO/c1-3-4-5-11-8-10-6-7-12(15-2)9-13(10)14-11/h1,6-9,14H,4-5H2,2H3. The number of hydrogen-bond donors (Lipinski definition) is 1. The maximum atomic E-state index is 5.23. The summed E-state index contributed by atoms with van der Waals surface area (Å²) in [5, 5.41) is 1.20. The smallest absolute Gasteiger partial charge is 0.120 e. The lowest BCUT2D eigenvalue weighted by Gasteiger charge is -1.97. The molecule has 1 N–H and O–H groups in total. The van der Waals surface area contributed by atoms with Crippen LogP contribution in [0.2, 0.25) is 0 Å². The number of aromatic nitrogens is 1. The average Bonchev–Trinajstić information content (AvgIpc) is 2.67. The van der Waals surface area contributed by atoms with E-state index in [-0.39, 0.29) is 0 Å². The largest absolute Gasteiger partial charge is 0.497 e. The van der Waals surface area contributed by atoms with Crippen molar-refractivity contribution in [2.45, 2.75) is 12.8 Å². The Morgan fingerprint density at radius 2 is 2.27 bits per heavy atom. The maximum absolute atomic E-state index is 5.23. The third-order valence-electron chi connectivity index (χ3n) is 2.42. The molecule has 2 heteroatoms. The first-order valence-electron chi connectivity index (χ1n) is 4.92. The molecule has 2 rings (SSSR count). The molecule has 0 fully saturated rings. The van der Waals surface area contributed by atoms with Crippen molar-refractivity contribution in [3.05, 3.63) is 30.0 Å². The molecule has 0 unspecified atom stereocenters. The number of fused-ring (bicyclic) bond motifs is 1. The molecule has 0 amide bonds. The highest BCUT2D eigenvalue weighted by Gasteiger charge is 2.01. The SMILES string of the molecule is C#CCCc1cc2ccc(OC)cc2[nH]1. The van der Waals surface area contributed by atoms with E-state index in [9.17, 15) is 0 Å². The van der Waals surface area contributed by atoms with E-state index in [4.69, 9.17) is 11.2 Å². The molecule has 0 atom stereocenters. The number of nitrogens with one attached hydrogen (secondary N) is 1. The molecule has 0 bridgehead atoms. The zero-order valence-corrected chi connectivity index (χ0v) is 8.71. The maximum Gasteiger partial charge on any atom is 0.120 e. The van der Waals surface area contributed by atoms with Crippen molar-refractivity contribution in [1.82, 2.24) is 4.98 Å². The Balaban J connectivity index is 2.34. The zero-order valence-electron chi connectivity index (χ0n) is 8.71. The van der Waals surface area contributed by atoms with Crippen LogP contribution in [0.1, 0.15) is 12.1 Å². The second-order valence-corrected chi connectivity index (χ2v) is 3.45. The number of methoxy groups -OCH3 is 1. The van der Waals surface area contributed by atoms with Crippen molar-refractivity contribution in [3.63, 3.8) is 0 Å². The van der Waals surface area contributed by atoms with Gasteiger partial charge in [-0.15, -0.1) is 12.3 Å². The lowest BCUT2D eigenvalue weighted by atomic mass is 10.2. The molecule has 0 aliphatic rings. The van der Waals surface area contributed by atoms with Gasteiger partial charge in [-0.3, -0.25) is 0 Å². The Labute approximate surface area is 89.3 Å². The van der Waals surface area contributed by atoms with Crippen LogP contribution < -0.4 is 4.74 Å². The van der Waals surface area contributed by atoms with Gasteiger partial charge in [-0.05, 0) is 30.0 Å². The molecule has 0 aliphatic carbocycles. The van der Waals surface area contributed by atoms with Crippen LogP contribution in [0.15, 0.2) is 24.3 Å². The predicted octanol–water partition coefficient (Wildman–Crippen LogP) is 2.74. The van der Waals surface area contributed by atoms with Crippen LogP contribution >= 0.6 is 0 Å². The predicted molar refractivity (Wildman–Crippen MR) is 62.0 cm³/mol. The summed E-state index contributed by atoms with van der Waals surface area (Å²) in [6, 6.07) is 8.13. The van der Waals surface area contributed by atoms with Gasteiger partial charge in [-0.25, -0.2) is 0 Å². The highest BCUT2D eigenvalue weighted by molar-refractivity contribution is 5.81. The first-order valence-corrected chi connectivity index (χ1v) is 4.92.